The molecule has 0 atom stereocenters. The normalized spacial score (nSPS) is 18.3. The molecule has 27 heavy (non-hydrogen) atoms. The van der Waals surface area contributed by atoms with Crippen LogP contribution in [0.4, 0.5) is 10.5 Å². The van der Waals surface area contributed by atoms with E-state index in [0.717, 1.165) is 25.7 Å². The number of anilines is 1. The van der Waals surface area contributed by atoms with Crippen LogP contribution in [0.3, 0.4) is 0 Å². The second-order valence-corrected chi connectivity index (χ2v) is 7.51. The van der Waals surface area contributed by atoms with Crippen LogP contribution in [0.5, 0.6) is 0 Å². The van der Waals surface area contributed by atoms with E-state index in [1.807, 2.05) is 0 Å². The van der Waals surface area contributed by atoms with Gasteiger partial charge in [-0.3, -0.25) is 9.59 Å². The zero-order valence-corrected chi connectivity index (χ0v) is 16.0. The Hall–Kier alpha value is -2.28. The van der Waals surface area contributed by atoms with Crippen molar-refractivity contribution in [1.29, 1.82) is 0 Å². The summed E-state index contributed by atoms with van der Waals surface area (Å²) < 4.78 is 0. The maximum Gasteiger partial charge on any atom is 0.322 e. The van der Waals surface area contributed by atoms with Crippen LogP contribution in [0, 0.1) is 0 Å². The Morgan fingerprint density at radius 2 is 1.78 bits per heavy atom. The molecule has 2 aliphatic rings. The Bertz CT molecular complexity index is 689. The maximum atomic E-state index is 12.3. The van der Waals surface area contributed by atoms with Crippen molar-refractivity contribution in [3.05, 3.63) is 29.3 Å². The van der Waals surface area contributed by atoms with Crippen molar-refractivity contribution < 1.29 is 14.4 Å². The standard InChI is InChI=1S/C19H25ClN4O3/c20-14-6-8-16(9-7-14)22-19(27)24-11-10-23(18(26)13-24)12-17(25)21-15-4-2-1-3-5-15/h6-9,15H,1-5,10-13H2,(H,21,25)(H,22,27). The zero-order valence-electron chi connectivity index (χ0n) is 15.2. The summed E-state index contributed by atoms with van der Waals surface area (Å²) in [6.45, 7) is 0.769. The first kappa shape index (κ1) is 19.5. The summed E-state index contributed by atoms with van der Waals surface area (Å²) in [6.07, 6.45) is 5.54. The van der Waals surface area contributed by atoms with E-state index in [1.165, 1.54) is 16.2 Å². The molecule has 7 nitrogen and oxygen atoms in total. The molecule has 0 radical (unpaired) electrons. The lowest BCUT2D eigenvalue weighted by atomic mass is 9.95. The number of carbonyl (C=O) groups is 3. The fourth-order valence-corrected chi connectivity index (χ4v) is 3.60. The molecule has 1 aromatic carbocycles. The molecule has 1 saturated heterocycles. The third kappa shape index (κ3) is 5.60. The summed E-state index contributed by atoms with van der Waals surface area (Å²) in [5.74, 6) is -0.333. The van der Waals surface area contributed by atoms with Gasteiger partial charge in [0, 0.05) is 29.8 Å². The second-order valence-electron chi connectivity index (χ2n) is 7.08. The average molecular weight is 393 g/mol. The first-order valence-corrected chi connectivity index (χ1v) is 9.78. The Kier molecular flexibility index (Phi) is 6.55. The number of piperazine rings is 1. The highest BCUT2D eigenvalue weighted by Gasteiger charge is 2.29. The SMILES string of the molecule is O=C(CN1CCN(C(=O)Nc2ccc(Cl)cc2)CC1=O)NC1CCCCC1. The van der Waals surface area contributed by atoms with Gasteiger partial charge in [-0.25, -0.2) is 4.79 Å². The number of amides is 4. The van der Waals surface area contributed by atoms with E-state index in [9.17, 15) is 14.4 Å². The smallest absolute Gasteiger partial charge is 0.322 e. The maximum absolute atomic E-state index is 12.3. The van der Waals surface area contributed by atoms with Crippen molar-refractivity contribution in [3.63, 3.8) is 0 Å². The number of rotatable bonds is 4. The number of hydrogen-bond donors (Lipinski definition) is 2. The molecule has 1 saturated carbocycles. The van der Waals surface area contributed by atoms with Crippen molar-refractivity contribution in [2.45, 2.75) is 38.1 Å². The van der Waals surface area contributed by atoms with E-state index >= 15 is 0 Å². The van der Waals surface area contributed by atoms with Gasteiger partial charge in [0.05, 0.1) is 6.54 Å². The number of urea groups is 1. The minimum absolute atomic E-state index is 0.0316. The first-order valence-electron chi connectivity index (χ1n) is 9.40. The molecule has 0 aromatic heterocycles. The van der Waals surface area contributed by atoms with Crippen molar-refractivity contribution in [1.82, 2.24) is 15.1 Å². The molecule has 1 aromatic rings. The summed E-state index contributed by atoms with van der Waals surface area (Å²) >= 11 is 5.83. The fraction of sp³-hybridized carbons (Fsp3) is 0.526. The van der Waals surface area contributed by atoms with Crippen molar-refractivity contribution >= 4 is 35.1 Å². The van der Waals surface area contributed by atoms with E-state index in [0.29, 0.717) is 23.8 Å². The van der Waals surface area contributed by atoms with Crippen molar-refractivity contribution in [2.24, 2.45) is 0 Å². The molecule has 1 aliphatic carbocycles. The van der Waals surface area contributed by atoms with E-state index in [1.54, 1.807) is 24.3 Å². The van der Waals surface area contributed by atoms with Crippen LogP contribution >= 0.6 is 11.6 Å². The van der Waals surface area contributed by atoms with Crippen LogP contribution in [0.25, 0.3) is 0 Å². The Morgan fingerprint density at radius 1 is 1.07 bits per heavy atom. The van der Waals surface area contributed by atoms with Gasteiger partial charge in [0.25, 0.3) is 0 Å². The van der Waals surface area contributed by atoms with Crippen LogP contribution in [0.1, 0.15) is 32.1 Å². The fourth-order valence-electron chi connectivity index (χ4n) is 3.48. The molecular formula is C19H25ClN4O3. The summed E-state index contributed by atoms with van der Waals surface area (Å²) in [7, 11) is 0. The third-order valence-corrected chi connectivity index (χ3v) is 5.26. The van der Waals surface area contributed by atoms with E-state index in [4.69, 9.17) is 11.6 Å². The Morgan fingerprint density at radius 3 is 2.44 bits per heavy atom. The molecule has 3 rings (SSSR count). The van der Waals surface area contributed by atoms with Gasteiger partial charge >= 0.3 is 6.03 Å². The van der Waals surface area contributed by atoms with Gasteiger partial charge in [-0.1, -0.05) is 30.9 Å². The van der Waals surface area contributed by atoms with Crippen molar-refractivity contribution in [2.75, 3.05) is 31.5 Å². The molecule has 2 N–H and O–H groups in total. The highest BCUT2D eigenvalue weighted by molar-refractivity contribution is 6.30. The number of hydrogen-bond acceptors (Lipinski definition) is 3. The minimum Gasteiger partial charge on any atom is -0.352 e. The van der Waals surface area contributed by atoms with Crippen LogP contribution in [-0.2, 0) is 9.59 Å². The molecule has 2 fully saturated rings. The first-order chi connectivity index (χ1) is 13.0. The quantitative estimate of drug-likeness (QED) is 0.825. The molecule has 8 heteroatoms. The van der Waals surface area contributed by atoms with E-state index < -0.39 is 0 Å². The molecular weight excluding hydrogens is 368 g/mol. The minimum atomic E-state index is -0.336. The highest BCUT2D eigenvalue weighted by atomic mass is 35.5. The molecule has 1 aliphatic heterocycles. The lowest BCUT2D eigenvalue weighted by Crippen LogP contribution is -2.55. The lowest BCUT2D eigenvalue weighted by molar-refractivity contribution is -0.139. The predicted octanol–water partition coefficient (Wildman–Crippen LogP) is 2.46. The molecule has 0 spiro atoms. The second kappa shape index (κ2) is 9.08. The molecule has 146 valence electrons. The number of nitrogens with zero attached hydrogens (tertiary/aromatic N) is 2. The monoisotopic (exact) mass is 392 g/mol. The van der Waals surface area contributed by atoms with Gasteiger partial charge < -0.3 is 20.4 Å². The molecule has 1 heterocycles. The molecule has 0 bridgehead atoms. The molecule has 4 amide bonds. The van der Waals surface area contributed by atoms with Crippen LogP contribution < -0.4 is 10.6 Å². The van der Waals surface area contributed by atoms with Crippen LogP contribution in [-0.4, -0.2) is 59.9 Å². The number of nitrogens with one attached hydrogen (secondary N) is 2. The van der Waals surface area contributed by atoms with Gasteiger partial charge in [-0.2, -0.15) is 0 Å². The van der Waals surface area contributed by atoms with E-state index in [2.05, 4.69) is 10.6 Å². The van der Waals surface area contributed by atoms with Gasteiger partial charge in [-0.15, -0.1) is 0 Å². The topological polar surface area (TPSA) is 81.8 Å². The summed E-state index contributed by atoms with van der Waals surface area (Å²) in [4.78, 5) is 39.8. The largest absolute Gasteiger partial charge is 0.352 e. The van der Waals surface area contributed by atoms with Crippen molar-refractivity contribution in [3.8, 4) is 0 Å². The summed E-state index contributed by atoms with van der Waals surface area (Å²) in [5.41, 5.74) is 0.617. The van der Waals surface area contributed by atoms with Crippen LogP contribution in [0.15, 0.2) is 24.3 Å². The summed E-state index contributed by atoms with van der Waals surface area (Å²) in [5, 5.41) is 6.36. The zero-order chi connectivity index (χ0) is 19.2. The third-order valence-electron chi connectivity index (χ3n) is 5.01. The number of halogens is 1. The number of benzene rings is 1. The van der Waals surface area contributed by atoms with E-state index in [-0.39, 0.29) is 37.0 Å². The van der Waals surface area contributed by atoms with Gasteiger partial charge in [0.2, 0.25) is 11.8 Å². The highest BCUT2D eigenvalue weighted by Crippen LogP contribution is 2.17. The predicted molar refractivity (Wildman–Crippen MR) is 104 cm³/mol. The summed E-state index contributed by atoms with van der Waals surface area (Å²) in [6, 6.07) is 6.67. The van der Waals surface area contributed by atoms with Gasteiger partial charge in [-0.05, 0) is 37.1 Å². The Labute approximate surface area is 164 Å². The lowest BCUT2D eigenvalue weighted by Gasteiger charge is -2.34. The van der Waals surface area contributed by atoms with Gasteiger partial charge in [0.15, 0.2) is 0 Å². The average Bonchev–Trinajstić information content (AvgIpc) is 2.66. The molecule has 0 unspecified atom stereocenters. The van der Waals surface area contributed by atoms with Crippen LogP contribution in [0.2, 0.25) is 5.02 Å². The Balaban J connectivity index is 1.45. The van der Waals surface area contributed by atoms with Gasteiger partial charge in [0.1, 0.15) is 6.54 Å². The number of carbonyl (C=O) groups excluding carboxylic acids is 3.